The Labute approximate surface area is 248 Å². The molecule has 0 fully saturated rings. The zero-order valence-corrected chi connectivity index (χ0v) is 25.3. The van der Waals surface area contributed by atoms with E-state index in [1.807, 2.05) is 62.4 Å². The molecule has 2 aromatic carbocycles. The lowest BCUT2D eigenvalue weighted by molar-refractivity contribution is -0.130. The predicted octanol–water partition coefficient (Wildman–Crippen LogP) is 4.64. The minimum Gasteiger partial charge on any atom is -0.477 e. The zero-order valence-electron chi connectivity index (χ0n) is 22.1. The Morgan fingerprint density at radius 3 is 1.32 bits per heavy atom. The van der Waals surface area contributed by atoms with Crippen molar-refractivity contribution in [3.8, 4) is 0 Å². The Morgan fingerprint density at radius 1 is 0.700 bits per heavy atom. The number of aliphatic carboxylic acids is 3. The number of oxime groups is 3. The largest absolute Gasteiger partial charge is 0.477 e. The monoisotopic (exact) mass is 659 g/mol. The number of carbonyl (C=O) groups is 3. The molecule has 0 saturated carbocycles. The van der Waals surface area contributed by atoms with Crippen LogP contribution in [0.3, 0.4) is 0 Å². The molecule has 0 amide bonds. The smallest absolute Gasteiger partial charge is 0.354 e. The van der Waals surface area contributed by atoms with Gasteiger partial charge in [0.1, 0.15) is 14.2 Å². The summed E-state index contributed by atoms with van der Waals surface area (Å²) in [5.41, 5.74) is 2.04. The van der Waals surface area contributed by atoms with Gasteiger partial charge in [-0.1, -0.05) is 66.8 Å². The summed E-state index contributed by atoms with van der Waals surface area (Å²) in [5, 5.41) is 43.6. The molecule has 0 bridgehead atoms. The number of hydrogen-bond donors (Lipinski definition) is 4. The topological polar surface area (TPSA) is 188 Å². The van der Waals surface area contributed by atoms with Crippen molar-refractivity contribution < 1.29 is 44.6 Å². The molecule has 0 aliphatic heterocycles. The summed E-state index contributed by atoms with van der Waals surface area (Å²) in [7, 11) is 2.63. The standard InChI is InChI=1S/C11H13NO3S.C10H11NO3S.C4H6BrNO3/c1-8-3-5-9(6-4-8)16-7-10(11(13)14)12-15-2;1-7-2-4-8(5-3-7)15-6-9(11-14)10(12)13;1-9-6-3(2-5)4(7)8/h3-6H,7H2,1-2H3,(H,13,14);2-5,14H,6H2,1H3,(H,12,13);2H2,1H3,(H,7,8)/b12-10-;11-9-;6-3-. The van der Waals surface area contributed by atoms with Gasteiger partial charge >= 0.3 is 17.9 Å². The van der Waals surface area contributed by atoms with Crippen LogP contribution in [0, 0.1) is 13.8 Å². The Balaban J connectivity index is 0.000000595. The highest BCUT2D eigenvalue weighted by atomic mass is 79.9. The van der Waals surface area contributed by atoms with Crippen molar-refractivity contribution in [1.29, 1.82) is 0 Å². The third-order valence-electron chi connectivity index (χ3n) is 4.18. The lowest BCUT2D eigenvalue weighted by atomic mass is 10.2. The Hall–Kier alpha value is -3.56. The van der Waals surface area contributed by atoms with Crippen LogP contribution >= 0.6 is 39.5 Å². The molecule has 0 atom stereocenters. The van der Waals surface area contributed by atoms with Crippen LogP contribution < -0.4 is 0 Å². The third kappa shape index (κ3) is 16.4. The summed E-state index contributed by atoms with van der Waals surface area (Å²) in [6, 6.07) is 15.6. The number of carboxylic acids is 3. The average Bonchev–Trinajstić information content (AvgIpc) is 2.92. The molecule has 2 rings (SSSR count). The van der Waals surface area contributed by atoms with Crippen molar-refractivity contribution in [3.63, 3.8) is 0 Å². The lowest BCUT2D eigenvalue weighted by Crippen LogP contribution is -2.15. The van der Waals surface area contributed by atoms with Gasteiger partial charge in [0.25, 0.3) is 0 Å². The molecule has 12 nitrogen and oxygen atoms in total. The van der Waals surface area contributed by atoms with Crippen molar-refractivity contribution in [1.82, 2.24) is 0 Å². The number of halogens is 1. The van der Waals surface area contributed by atoms with Crippen LogP contribution in [0.15, 0.2) is 73.8 Å². The van der Waals surface area contributed by atoms with Crippen LogP contribution in [0.5, 0.6) is 0 Å². The van der Waals surface area contributed by atoms with E-state index in [2.05, 4.69) is 41.1 Å². The van der Waals surface area contributed by atoms with Crippen molar-refractivity contribution >= 4 is 74.5 Å². The van der Waals surface area contributed by atoms with E-state index in [9.17, 15) is 14.4 Å². The van der Waals surface area contributed by atoms with Crippen molar-refractivity contribution in [3.05, 3.63) is 59.7 Å². The maximum atomic E-state index is 10.7. The fraction of sp³-hybridized carbons (Fsp3) is 0.280. The van der Waals surface area contributed by atoms with Crippen LogP contribution in [0.2, 0.25) is 0 Å². The predicted molar refractivity (Wildman–Crippen MR) is 159 cm³/mol. The number of carboxylic acid groups (broad SMARTS) is 3. The minimum absolute atomic E-state index is 0.00748. The quantitative estimate of drug-likeness (QED) is 0.0816. The van der Waals surface area contributed by atoms with E-state index in [4.69, 9.17) is 20.5 Å². The number of hydrogen-bond acceptors (Lipinski definition) is 11. The fourth-order valence-electron chi connectivity index (χ4n) is 2.17. The third-order valence-corrected chi connectivity index (χ3v) is 6.76. The van der Waals surface area contributed by atoms with E-state index in [1.165, 1.54) is 43.3 Å². The summed E-state index contributed by atoms with van der Waals surface area (Å²) in [6.45, 7) is 3.98. The molecule has 2 aromatic rings. The summed E-state index contributed by atoms with van der Waals surface area (Å²) in [5.74, 6) is -2.89. The molecule has 40 heavy (non-hydrogen) atoms. The van der Waals surface area contributed by atoms with E-state index in [-0.39, 0.29) is 34.0 Å². The highest BCUT2D eigenvalue weighted by molar-refractivity contribution is 9.09. The summed E-state index contributed by atoms with van der Waals surface area (Å²) in [4.78, 5) is 42.0. The Kier molecular flexibility index (Phi) is 19.4. The number of nitrogens with zero attached hydrogens (tertiary/aromatic N) is 3. The first-order chi connectivity index (χ1) is 19.0. The minimum atomic E-state index is -1.20. The number of alkyl halides is 1. The molecule has 0 aliphatic rings. The van der Waals surface area contributed by atoms with Gasteiger partial charge < -0.3 is 30.2 Å². The fourth-order valence-corrected chi connectivity index (χ4v) is 4.14. The number of aryl methyl sites for hydroxylation is 2. The van der Waals surface area contributed by atoms with Gasteiger partial charge in [-0.05, 0) is 38.1 Å². The molecule has 0 heterocycles. The molecule has 0 radical (unpaired) electrons. The molecular weight excluding hydrogens is 630 g/mol. The molecule has 218 valence electrons. The van der Waals surface area contributed by atoms with Crippen LogP contribution in [0.4, 0.5) is 0 Å². The van der Waals surface area contributed by atoms with Gasteiger partial charge in [-0.2, -0.15) is 0 Å². The Bertz CT molecular complexity index is 1170. The second-order valence-electron chi connectivity index (χ2n) is 7.24. The van der Waals surface area contributed by atoms with Crippen LogP contribution in [-0.4, -0.2) is 86.6 Å². The van der Waals surface area contributed by atoms with Crippen LogP contribution in [0.25, 0.3) is 0 Å². The second-order valence-corrected chi connectivity index (χ2v) is 9.90. The average molecular weight is 661 g/mol. The van der Waals surface area contributed by atoms with Gasteiger partial charge in [-0.3, -0.25) is 0 Å². The van der Waals surface area contributed by atoms with Gasteiger partial charge in [-0.15, -0.1) is 23.5 Å². The first-order valence-electron chi connectivity index (χ1n) is 11.0. The van der Waals surface area contributed by atoms with Gasteiger partial charge in [-0.25, -0.2) is 14.4 Å². The lowest BCUT2D eigenvalue weighted by Gasteiger charge is -2.01. The molecule has 15 heteroatoms. The van der Waals surface area contributed by atoms with Crippen LogP contribution in [-0.2, 0) is 24.1 Å². The van der Waals surface area contributed by atoms with E-state index >= 15 is 0 Å². The van der Waals surface area contributed by atoms with E-state index in [0.29, 0.717) is 0 Å². The van der Waals surface area contributed by atoms with Crippen LogP contribution in [0.1, 0.15) is 11.1 Å². The normalized spacial score (nSPS) is 11.3. The van der Waals surface area contributed by atoms with Gasteiger partial charge in [0.05, 0.1) is 16.8 Å². The Morgan fingerprint density at radius 2 is 1.05 bits per heavy atom. The van der Waals surface area contributed by atoms with Gasteiger partial charge in [0.2, 0.25) is 0 Å². The summed E-state index contributed by atoms with van der Waals surface area (Å²) in [6.07, 6.45) is 0. The zero-order chi connectivity index (χ0) is 30.5. The van der Waals surface area contributed by atoms with Crippen molar-refractivity contribution in [2.45, 2.75) is 23.6 Å². The first-order valence-corrected chi connectivity index (χ1v) is 14.1. The highest BCUT2D eigenvalue weighted by Crippen LogP contribution is 2.19. The molecular formula is C25H30BrN3O9S2. The van der Waals surface area contributed by atoms with E-state index < -0.39 is 17.9 Å². The molecule has 0 spiro atoms. The maximum Gasteiger partial charge on any atom is 0.354 e. The van der Waals surface area contributed by atoms with E-state index in [0.717, 1.165) is 15.4 Å². The van der Waals surface area contributed by atoms with Crippen molar-refractivity contribution in [2.24, 2.45) is 15.5 Å². The molecule has 0 saturated heterocycles. The molecule has 0 unspecified atom stereocenters. The number of rotatable bonds is 12. The first kappa shape index (κ1) is 36.4. The molecule has 4 N–H and O–H groups in total. The summed E-state index contributed by atoms with van der Waals surface area (Å²) >= 11 is 5.66. The SMILES string of the molecule is CO/N=C(/CBr)C(=O)O.CO/N=C(/CSc1ccc(C)cc1)C(=O)O.Cc1ccc(SC/C(=N/O)C(=O)O)cc1. The van der Waals surface area contributed by atoms with E-state index in [1.54, 1.807) is 0 Å². The number of thioether (sulfide) groups is 2. The second kappa shape index (κ2) is 21.3. The highest BCUT2D eigenvalue weighted by Gasteiger charge is 2.11. The molecule has 0 aromatic heterocycles. The molecule has 0 aliphatic carbocycles. The van der Waals surface area contributed by atoms with Crippen molar-refractivity contribution in [2.75, 3.05) is 31.1 Å². The number of benzene rings is 2. The van der Waals surface area contributed by atoms with Gasteiger partial charge in [0, 0.05) is 9.79 Å². The maximum absolute atomic E-state index is 10.7. The van der Waals surface area contributed by atoms with Gasteiger partial charge in [0.15, 0.2) is 17.1 Å². The summed E-state index contributed by atoms with van der Waals surface area (Å²) < 4.78 is 0.